The van der Waals surface area contributed by atoms with E-state index in [1.807, 2.05) is 30.3 Å². The topological polar surface area (TPSA) is 42.0 Å². The first kappa shape index (κ1) is 14.8. The van der Waals surface area contributed by atoms with E-state index in [0.29, 0.717) is 11.5 Å². The molecule has 1 N–H and O–H groups in total. The number of carbonyl (C=O) groups excluding carboxylic acids is 1. The molecule has 0 spiro atoms. The zero-order valence-corrected chi connectivity index (χ0v) is 13.1. The van der Waals surface area contributed by atoms with Gasteiger partial charge in [-0.25, -0.2) is 4.39 Å². The molecule has 1 fully saturated rings. The lowest BCUT2D eigenvalue weighted by Gasteiger charge is -2.19. The van der Waals surface area contributed by atoms with Crippen LogP contribution in [0.15, 0.2) is 60.9 Å². The van der Waals surface area contributed by atoms with Gasteiger partial charge in [0.15, 0.2) is 0 Å². The highest BCUT2D eigenvalue weighted by Crippen LogP contribution is 2.41. The van der Waals surface area contributed by atoms with Crippen LogP contribution in [0.5, 0.6) is 0 Å². The lowest BCUT2D eigenvalue weighted by Crippen LogP contribution is -2.30. The molecule has 1 unspecified atom stereocenters. The molecule has 0 radical (unpaired) electrons. The Bertz CT molecular complexity index is 900. The van der Waals surface area contributed by atoms with E-state index in [2.05, 4.69) is 10.3 Å². The van der Waals surface area contributed by atoms with Gasteiger partial charge < -0.3 is 5.32 Å². The lowest BCUT2D eigenvalue weighted by atomic mass is 10.0. The van der Waals surface area contributed by atoms with Crippen LogP contribution in [0, 0.1) is 11.7 Å². The molecular formula is C20H17FN2O. The minimum atomic E-state index is -0.278. The van der Waals surface area contributed by atoms with Crippen LogP contribution in [0.1, 0.15) is 34.8 Å². The van der Waals surface area contributed by atoms with Crippen LogP contribution in [0.3, 0.4) is 0 Å². The van der Waals surface area contributed by atoms with Crippen molar-refractivity contribution in [1.29, 1.82) is 0 Å². The van der Waals surface area contributed by atoms with E-state index in [1.54, 1.807) is 18.5 Å². The van der Waals surface area contributed by atoms with Gasteiger partial charge in [0, 0.05) is 17.8 Å². The van der Waals surface area contributed by atoms with Crippen molar-refractivity contribution in [2.45, 2.75) is 18.9 Å². The molecule has 0 bridgehead atoms. The van der Waals surface area contributed by atoms with E-state index in [0.717, 1.165) is 29.2 Å². The quantitative estimate of drug-likeness (QED) is 0.780. The molecule has 0 aliphatic heterocycles. The molecule has 3 nitrogen and oxygen atoms in total. The number of rotatable bonds is 4. The number of nitrogens with zero attached hydrogens (tertiary/aromatic N) is 1. The van der Waals surface area contributed by atoms with Crippen molar-refractivity contribution < 1.29 is 9.18 Å². The number of nitrogens with one attached hydrogen (secondary N) is 1. The molecule has 1 aliphatic carbocycles. The highest BCUT2D eigenvalue weighted by Gasteiger charge is 2.34. The minimum absolute atomic E-state index is 0.160. The van der Waals surface area contributed by atoms with Crippen LogP contribution in [-0.2, 0) is 0 Å². The summed E-state index contributed by atoms with van der Waals surface area (Å²) in [6.07, 6.45) is 5.44. The van der Waals surface area contributed by atoms with Crippen molar-refractivity contribution in [3.05, 3.63) is 77.9 Å². The molecule has 1 amide bonds. The number of aromatic nitrogens is 1. The number of pyridine rings is 1. The van der Waals surface area contributed by atoms with E-state index in [9.17, 15) is 9.18 Å². The first-order valence-electron chi connectivity index (χ1n) is 8.11. The molecule has 1 aromatic heterocycles. The maximum absolute atomic E-state index is 13.6. The number of hydrogen-bond acceptors (Lipinski definition) is 2. The second-order valence-electron chi connectivity index (χ2n) is 6.25. The molecule has 120 valence electrons. The van der Waals surface area contributed by atoms with Crippen molar-refractivity contribution in [1.82, 2.24) is 10.3 Å². The molecule has 1 atom stereocenters. The standard InChI is InChI=1S/C20H17FN2O/c21-16-6-3-5-14(10-16)19(13-8-9-13)23-20(24)18-12-22-11-15-4-1-2-7-17(15)18/h1-7,10-13,19H,8-9H2,(H,23,24). The summed E-state index contributed by atoms with van der Waals surface area (Å²) in [7, 11) is 0. The summed E-state index contributed by atoms with van der Waals surface area (Å²) >= 11 is 0. The normalized spacial score (nSPS) is 15.2. The van der Waals surface area contributed by atoms with Gasteiger partial charge in [-0.3, -0.25) is 9.78 Å². The lowest BCUT2D eigenvalue weighted by molar-refractivity contribution is 0.0933. The predicted molar refractivity (Wildman–Crippen MR) is 91.1 cm³/mol. The summed E-state index contributed by atoms with van der Waals surface area (Å²) in [5.74, 6) is -0.0710. The fourth-order valence-electron chi connectivity index (χ4n) is 3.12. The van der Waals surface area contributed by atoms with Gasteiger partial charge in [-0.2, -0.15) is 0 Å². The summed E-state index contributed by atoms with van der Waals surface area (Å²) in [5.41, 5.74) is 1.37. The molecule has 0 saturated heterocycles. The summed E-state index contributed by atoms with van der Waals surface area (Å²) in [6, 6.07) is 14.0. The van der Waals surface area contributed by atoms with Crippen molar-refractivity contribution in [2.24, 2.45) is 5.92 Å². The largest absolute Gasteiger partial charge is 0.345 e. The number of halogens is 1. The monoisotopic (exact) mass is 320 g/mol. The molecule has 24 heavy (non-hydrogen) atoms. The summed E-state index contributed by atoms with van der Waals surface area (Å²) < 4.78 is 13.6. The van der Waals surface area contributed by atoms with Crippen LogP contribution >= 0.6 is 0 Å². The van der Waals surface area contributed by atoms with Gasteiger partial charge in [0.1, 0.15) is 5.82 Å². The Morgan fingerprint density at radius 2 is 1.96 bits per heavy atom. The predicted octanol–water partition coefficient (Wildman–Crippen LogP) is 4.26. The highest BCUT2D eigenvalue weighted by molar-refractivity contribution is 6.06. The average molecular weight is 320 g/mol. The number of fused-ring (bicyclic) bond motifs is 1. The minimum Gasteiger partial charge on any atom is -0.345 e. The van der Waals surface area contributed by atoms with Crippen molar-refractivity contribution >= 4 is 16.7 Å². The molecule has 3 aromatic rings. The van der Waals surface area contributed by atoms with Crippen LogP contribution in [0.2, 0.25) is 0 Å². The van der Waals surface area contributed by atoms with Crippen LogP contribution < -0.4 is 5.32 Å². The number of amides is 1. The van der Waals surface area contributed by atoms with E-state index in [-0.39, 0.29) is 17.8 Å². The van der Waals surface area contributed by atoms with Crippen LogP contribution in [-0.4, -0.2) is 10.9 Å². The van der Waals surface area contributed by atoms with Gasteiger partial charge in [0.2, 0.25) is 0 Å². The third-order valence-electron chi connectivity index (χ3n) is 4.50. The average Bonchev–Trinajstić information content (AvgIpc) is 3.44. The molecule has 4 rings (SSSR count). The fraction of sp³-hybridized carbons (Fsp3) is 0.200. The summed E-state index contributed by atoms with van der Waals surface area (Å²) in [6.45, 7) is 0. The van der Waals surface area contributed by atoms with Crippen molar-refractivity contribution in [3.8, 4) is 0 Å². The van der Waals surface area contributed by atoms with Crippen molar-refractivity contribution in [2.75, 3.05) is 0 Å². The number of hydrogen-bond donors (Lipinski definition) is 1. The second-order valence-corrected chi connectivity index (χ2v) is 6.25. The molecular weight excluding hydrogens is 303 g/mol. The van der Waals surface area contributed by atoms with Gasteiger partial charge in [-0.1, -0.05) is 36.4 Å². The zero-order valence-electron chi connectivity index (χ0n) is 13.1. The van der Waals surface area contributed by atoms with Gasteiger partial charge in [-0.15, -0.1) is 0 Å². The van der Waals surface area contributed by atoms with E-state index < -0.39 is 0 Å². The number of carbonyl (C=O) groups is 1. The van der Waals surface area contributed by atoms with E-state index in [4.69, 9.17) is 0 Å². The molecule has 1 heterocycles. The van der Waals surface area contributed by atoms with Gasteiger partial charge >= 0.3 is 0 Å². The molecule has 1 aliphatic rings. The second kappa shape index (κ2) is 6.04. The maximum Gasteiger partial charge on any atom is 0.253 e. The van der Waals surface area contributed by atoms with Gasteiger partial charge in [-0.05, 0) is 41.8 Å². The zero-order chi connectivity index (χ0) is 16.5. The Morgan fingerprint density at radius 1 is 1.12 bits per heavy atom. The van der Waals surface area contributed by atoms with Crippen LogP contribution in [0.4, 0.5) is 4.39 Å². The van der Waals surface area contributed by atoms with Crippen molar-refractivity contribution in [3.63, 3.8) is 0 Å². The Balaban J connectivity index is 1.66. The first-order valence-corrected chi connectivity index (χ1v) is 8.11. The third kappa shape index (κ3) is 2.87. The SMILES string of the molecule is O=C(NC(c1cccc(F)c1)C1CC1)c1cncc2ccccc12. The Labute approximate surface area is 139 Å². The van der Waals surface area contributed by atoms with Gasteiger partial charge in [0.25, 0.3) is 5.91 Å². The summed E-state index contributed by atoms with van der Waals surface area (Å²) in [4.78, 5) is 17.0. The number of benzene rings is 2. The smallest absolute Gasteiger partial charge is 0.253 e. The Morgan fingerprint density at radius 3 is 2.75 bits per heavy atom. The first-order chi connectivity index (χ1) is 11.7. The highest BCUT2D eigenvalue weighted by atomic mass is 19.1. The molecule has 1 saturated carbocycles. The van der Waals surface area contributed by atoms with E-state index in [1.165, 1.54) is 12.1 Å². The van der Waals surface area contributed by atoms with E-state index >= 15 is 0 Å². The van der Waals surface area contributed by atoms with Crippen LogP contribution in [0.25, 0.3) is 10.8 Å². The van der Waals surface area contributed by atoms with Gasteiger partial charge in [0.05, 0.1) is 11.6 Å². The maximum atomic E-state index is 13.6. The fourth-order valence-corrected chi connectivity index (χ4v) is 3.12. The molecule has 2 aromatic carbocycles. The Kier molecular flexibility index (Phi) is 3.73. The third-order valence-corrected chi connectivity index (χ3v) is 4.50. The Hall–Kier alpha value is -2.75. The molecule has 4 heteroatoms. The summed E-state index contributed by atoms with van der Waals surface area (Å²) in [5, 5.41) is 4.89.